The molecule has 0 atom stereocenters. The molecule has 0 fully saturated rings. The highest BCUT2D eigenvalue weighted by Gasteiger charge is 2.04. The van der Waals surface area contributed by atoms with Crippen molar-refractivity contribution in [2.75, 3.05) is 7.11 Å². The van der Waals surface area contributed by atoms with Crippen molar-refractivity contribution in [1.29, 1.82) is 0 Å². The van der Waals surface area contributed by atoms with Gasteiger partial charge in [-0.3, -0.25) is 10.1 Å². The van der Waals surface area contributed by atoms with Crippen molar-refractivity contribution in [2.24, 2.45) is 0 Å². The van der Waals surface area contributed by atoms with Gasteiger partial charge in [0, 0.05) is 12.1 Å². The van der Waals surface area contributed by atoms with Crippen LogP contribution in [-0.4, -0.2) is 12.0 Å². The van der Waals surface area contributed by atoms with Gasteiger partial charge in [0.15, 0.2) is 0 Å². The smallest absolute Gasteiger partial charge is 0.269 e. The SMILES string of the molecule is COc1ccc(CCc2ccc([N+](=O)[O-])cc2)cc1. The van der Waals surface area contributed by atoms with Crippen LogP contribution >= 0.6 is 0 Å². The Balaban J connectivity index is 1.95. The Morgan fingerprint density at radius 3 is 1.84 bits per heavy atom. The van der Waals surface area contributed by atoms with Gasteiger partial charge in [-0.25, -0.2) is 0 Å². The minimum absolute atomic E-state index is 0.133. The third-order valence-electron chi connectivity index (χ3n) is 3.01. The van der Waals surface area contributed by atoms with Gasteiger partial charge < -0.3 is 4.74 Å². The fourth-order valence-corrected chi connectivity index (χ4v) is 1.87. The summed E-state index contributed by atoms with van der Waals surface area (Å²) in [7, 11) is 1.64. The molecule has 0 amide bonds. The van der Waals surface area contributed by atoms with Crippen molar-refractivity contribution in [2.45, 2.75) is 12.8 Å². The van der Waals surface area contributed by atoms with Crippen LogP contribution in [0.25, 0.3) is 0 Å². The third-order valence-corrected chi connectivity index (χ3v) is 3.01. The van der Waals surface area contributed by atoms with Gasteiger partial charge >= 0.3 is 0 Å². The molecule has 19 heavy (non-hydrogen) atoms. The molecule has 0 aliphatic carbocycles. The maximum atomic E-state index is 10.5. The van der Waals surface area contributed by atoms with E-state index < -0.39 is 0 Å². The number of methoxy groups -OCH3 is 1. The highest BCUT2D eigenvalue weighted by molar-refractivity contribution is 5.33. The molecule has 0 N–H and O–H groups in total. The summed E-state index contributed by atoms with van der Waals surface area (Å²) in [5, 5.41) is 10.5. The summed E-state index contributed by atoms with van der Waals surface area (Å²) in [6.45, 7) is 0. The Bertz CT molecular complexity index is 547. The monoisotopic (exact) mass is 257 g/mol. The maximum absolute atomic E-state index is 10.5. The average molecular weight is 257 g/mol. The standard InChI is InChI=1S/C15H15NO3/c1-19-15-10-6-13(7-11-15)3-2-12-4-8-14(9-5-12)16(17)18/h4-11H,2-3H2,1H3. The van der Waals surface area contributed by atoms with E-state index in [1.807, 2.05) is 36.4 Å². The van der Waals surface area contributed by atoms with Crippen LogP contribution < -0.4 is 4.74 Å². The average Bonchev–Trinajstić information content (AvgIpc) is 2.46. The van der Waals surface area contributed by atoms with E-state index >= 15 is 0 Å². The lowest BCUT2D eigenvalue weighted by Gasteiger charge is -2.04. The van der Waals surface area contributed by atoms with E-state index in [0.717, 1.165) is 24.2 Å². The summed E-state index contributed by atoms with van der Waals surface area (Å²) in [6.07, 6.45) is 1.77. The predicted molar refractivity (Wildman–Crippen MR) is 73.5 cm³/mol. The Hall–Kier alpha value is -2.36. The number of aryl methyl sites for hydroxylation is 2. The number of nitrogens with zero attached hydrogens (tertiary/aromatic N) is 1. The van der Waals surface area contributed by atoms with Gasteiger partial charge in [-0.1, -0.05) is 24.3 Å². The lowest BCUT2D eigenvalue weighted by Crippen LogP contribution is -1.93. The summed E-state index contributed by atoms with van der Waals surface area (Å²) in [5.41, 5.74) is 2.45. The van der Waals surface area contributed by atoms with Crippen LogP contribution in [-0.2, 0) is 12.8 Å². The first-order valence-corrected chi connectivity index (χ1v) is 6.05. The second kappa shape index (κ2) is 6.00. The van der Waals surface area contributed by atoms with Crippen molar-refractivity contribution in [1.82, 2.24) is 0 Å². The first-order chi connectivity index (χ1) is 9.19. The van der Waals surface area contributed by atoms with E-state index in [0.29, 0.717) is 0 Å². The van der Waals surface area contributed by atoms with Gasteiger partial charge in [0.2, 0.25) is 0 Å². The van der Waals surface area contributed by atoms with E-state index in [-0.39, 0.29) is 10.6 Å². The minimum Gasteiger partial charge on any atom is -0.497 e. The third kappa shape index (κ3) is 3.55. The van der Waals surface area contributed by atoms with Gasteiger partial charge in [0.25, 0.3) is 5.69 Å². The van der Waals surface area contributed by atoms with Crippen LogP contribution in [0.1, 0.15) is 11.1 Å². The predicted octanol–water partition coefficient (Wildman–Crippen LogP) is 3.39. The lowest BCUT2D eigenvalue weighted by atomic mass is 10.0. The van der Waals surface area contributed by atoms with Crippen LogP contribution in [0.2, 0.25) is 0 Å². The van der Waals surface area contributed by atoms with Crippen LogP contribution in [0.5, 0.6) is 5.75 Å². The summed E-state index contributed by atoms with van der Waals surface area (Å²) in [4.78, 5) is 10.2. The molecule has 0 aliphatic rings. The van der Waals surface area contributed by atoms with Crippen LogP contribution in [0.4, 0.5) is 5.69 Å². The molecule has 4 nitrogen and oxygen atoms in total. The molecule has 4 heteroatoms. The quantitative estimate of drug-likeness (QED) is 0.609. The molecular formula is C15H15NO3. The molecule has 2 aromatic carbocycles. The van der Waals surface area contributed by atoms with Gasteiger partial charge in [0.1, 0.15) is 5.75 Å². The van der Waals surface area contributed by atoms with E-state index in [1.54, 1.807) is 19.2 Å². The Morgan fingerprint density at radius 1 is 0.947 bits per heavy atom. The van der Waals surface area contributed by atoms with Crippen LogP contribution in [0.3, 0.4) is 0 Å². The summed E-state index contributed by atoms with van der Waals surface area (Å²) in [6, 6.07) is 14.6. The van der Waals surface area contributed by atoms with Crippen molar-refractivity contribution in [3.63, 3.8) is 0 Å². The highest BCUT2D eigenvalue weighted by atomic mass is 16.6. The molecule has 0 radical (unpaired) electrons. The molecule has 0 bridgehead atoms. The van der Waals surface area contributed by atoms with E-state index in [1.165, 1.54) is 5.56 Å². The molecule has 0 aromatic heterocycles. The first kappa shape index (κ1) is 13.1. The van der Waals surface area contributed by atoms with Gasteiger partial charge in [0.05, 0.1) is 12.0 Å². The molecular weight excluding hydrogens is 242 g/mol. The zero-order chi connectivity index (χ0) is 13.7. The molecule has 0 spiro atoms. The van der Waals surface area contributed by atoms with Crippen LogP contribution in [0, 0.1) is 10.1 Å². The lowest BCUT2D eigenvalue weighted by molar-refractivity contribution is -0.384. The number of nitro benzene ring substituents is 1. The minimum atomic E-state index is -0.382. The number of nitro groups is 1. The number of rotatable bonds is 5. The number of benzene rings is 2. The summed E-state index contributed by atoms with van der Waals surface area (Å²) < 4.78 is 5.10. The molecule has 2 aromatic rings. The topological polar surface area (TPSA) is 52.4 Å². The number of ether oxygens (including phenoxy) is 1. The maximum Gasteiger partial charge on any atom is 0.269 e. The van der Waals surface area contributed by atoms with E-state index in [9.17, 15) is 10.1 Å². The molecule has 98 valence electrons. The van der Waals surface area contributed by atoms with Crippen molar-refractivity contribution >= 4 is 5.69 Å². The second-order valence-corrected chi connectivity index (χ2v) is 4.27. The molecule has 0 saturated carbocycles. The Morgan fingerprint density at radius 2 is 1.42 bits per heavy atom. The Labute approximate surface area is 111 Å². The molecule has 2 rings (SSSR count). The molecule has 0 saturated heterocycles. The fraction of sp³-hybridized carbons (Fsp3) is 0.200. The van der Waals surface area contributed by atoms with Crippen molar-refractivity contribution < 1.29 is 9.66 Å². The highest BCUT2D eigenvalue weighted by Crippen LogP contribution is 2.15. The molecule has 0 unspecified atom stereocenters. The molecule has 0 heterocycles. The Kier molecular flexibility index (Phi) is 4.13. The first-order valence-electron chi connectivity index (χ1n) is 6.05. The van der Waals surface area contributed by atoms with Gasteiger partial charge in [-0.15, -0.1) is 0 Å². The number of hydrogen-bond donors (Lipinski definition) is 0. The summed E-state index contributed by atoms with van der Waals surface area (Å²) in [5.74, 6) is 0.846. The fourth-order valence-electron chi connectivity index (χ4n) is 1.87. The number of hydrogen-bond acceptors (Lipinski definition) is 3. The largest absolute Gasteiger partial charge is 0.497 e. The van der Waals surface area contributed by atoms with Crippen LogP contribution in [0.15, 0.2) is 48.5 Å². The molecule has 0 aliphatic heterocycles. The second-order valence-electron chi connectivity index (χ2n) is 4.27. The van der Waals surface area contributed by atoms with E-state index in [2.05, 4.69) is 0 Å². The summed E-state index contributed by atoms with van der Waals surface area (Å²) >= 11 is 0. The normalized spacial score (nSPS) is 10.2. The van der Waals surface area contributed by atoms with Gasteiger partial charge in [-0.2, -0.15) is 0 Å². The van der Waals surface area contributed by atoms with Crippen molar-refractivity contribution in [3.8, 4) is 5.75 Å². The van der Waals surface area contributed by atoms with Crippen molar-refractivity contribution in [3.05, 3.63) is 69.8 Å². The van der Waals surface area contributed by atoms with E-state index in [4.69, 9.17) is 4.74 Å². The zero-order valence-electron chi connectivity index (χ0n) is 10.7. The number of non-ortho nitro benzene ring substituents is 1. The zero-order valence-corrected chi connectivity index (χ0v) is 10.7. The van der Waals surface area contributed by atoms with Gasteiger partial charge in [-0.05, 0) is 36.1 Å².